The van der Waals surface area contributed by atoms with Gasteiger partial charge in [0, 0.05) is 12.3 Å². The van der Waals surface area contributed by atoms with Gasteiger partial charge in [0.25, 0.3) is 0 Å². The predicted octanol–water partition coefficient (Wildman–Crippen LogP) is 4.00. The Hall–Kier alpha value is -2.07. The van der Waals surface area contributed by atoms with Crippen molar-refractivity contribution in [1.29, 1.82) is 0 Å². The average molecular weight is 331 g/mol. The monoisotopic (exact) mass is 330 g/mol. The highest BCUT2D eigenvalue weighted by molar-refractivity contribution is 6.22. The lowest BCUT2D eigenvalue weighted by Gasteiger charge is -2.19. The molecular weight excluding hydrogens is 312 g/mol. The minimum Gasteiger partial charge on any atom is -0.481 e. The van der Waals surface area contributed by atoms with Crippen LogP contribution in [0.1, 0.15) is 24.2 Å². The molecule has 3 rings (SSSR count). The van der Waals surface area contributed by atoms with Crippen molar-refractivity contribution in [2.24, 2.45) is 5.92 Å². The largest absolute Gasteiger partial charge is 0.481 e. The summed E-state index contributed by atoms with van der Waals surface area (Å²) in [5, 5.41) is 9.21. The van der Waals surface area contributed by atoms with Gasteiger partial charge in [0.2, 0.25) is 0 Å². The second-order valence-electron chi connectivity index (χ2n) is 6.02. The van der Waals surface area contributed by atoms with Gasteiger partial charge in [0.15, 0.2) is 0 Å². The average Bonchev–Trinajstić information content (AvgIpc) is 2.88. The molecule has 1 aliphatic carbocycles. The molecule has 0 amide bonds. The third kappa shape index (κ3) is 3.82. The number of nitrogens with zero attached hydrogens (tertiary/aromatic N) is 1. The molecule has 4 nitrogen and oxygen atoms in total. The number of carboxylic acids is 1. The van der Waals surface area contributed by atoms with Crippen molar-refractivity contribution >= 4 is 28.6 Å². The molecule has 1 aromatic carbocycles. The van der Waals surface area contributed by atoms with E-state index in [-0.39, 0.29) is 17.7 Å². The molecule has 1 aliphatic rings. The van der Waals surface area contributed by atoms with E-state index in [0.29, 0.717) is 6.42 Å². The standard InChI is InChI=1S/C18H19ClN2O2/c1-11-2-7-15-16(8-11)21-17(20-15)9-13(10-18(22)23)12-3-5-14(19)6-4-12/h2-5,7-8,13-14H,6,9-10H2,1H3,(H,20,21)(H,22,23). The van der Waals surface area contributed by atoms with E-state index >= 15 is 0 Å². The third-order valence-electron chi connectivity index (χ3n) is 4.09. The molecule has 5 heteroatoms. The third-order valence-corrected chi connectivity index (χ3v) is 4.42. The quantitative estimate of drug-likeness (QED) is 0.814. The fourth-order valence-electron chi connectivity index (χ4n) is 2.94. The number of H-pyrrole nitrogens is 1. The van der Waals surface area contributed by atoms with Crippen molar-refractivity contribution in [3.63, 3.8) is 0 Å². The number of aromatic amines is 1. The number of imidazole rings is 1. The van der Waals surface area contributed by atoms with E-state index in [1.165, 1.54) is 5.56 Å². The summed E-state index contributed by atoms with van der Waals surface area (Å²) in [4.78, 5) is 19.1. The SMILES string of the molecule is Cc1ccc2nc(CC(CC(=O)O)C3=CCC(Cl)C=C3)[nH]c2c1. The van der Waals surface area contributed by atoms with Gasteiger partial charge in [-0.2, -0.15) is 0 Å². The number of halogens is 1. The number of allylic oxidation sites excluding steroid dienone is 4. The maximum absolute atomic E-state index is 11.2. The maximum Gasteiger partial charge on any atom is 0.303 e. The van der Waals surface area contributed by atoms with E-state index in [2.05, 4.69) is 16.0 Å². The van der Waals surface area contributed by atoms with Crippen molar-refractivity contribution in [1.82, 2.24) is 9.97 Å². The van der Waals surface area contributed by atoms with Crippen molar-refractivity contribution in [3.8, 4) is 0 Å². The number of carbonyl (C=O) groups is 1. The van der Waals surface area contributed by atoms with Gasteiger partial charge in [-0.15, -0.1) is 11.6 Å². The molecule has 2 aromatic rings. The molecule has 2 unspecified atom stereocenters. The zero-order valence-corrected chi connectivity index (χ0v) is 13.7. The molecule has 0 spiro atoms. The van der Waals surface area contributed by atoms with Crippen LogP contribution in [-0.4, -0.2) is 26.4 Å². The van der Waals surface area contributed by atoms with Crippen LogP contribution >= 0.6 is 11.6 Å². The van der Waals surface area contributed by atoms with Crippen molar-refractivity contribution < 1.29 is 9.90 Å². The van der Waals surface area contributed by atoms with E-state index in [1.807, 2.05) is 37.3 Å². The van der Waals surface area contributed by atoms with Crippen LogP contribution in [0.4, 0.5) is 0 Å². The zero-order chi connectivity index (χ0) is 16.4. The molecule has 1 aromatic heterocycles. The first-order chi connectivity index (χ1) is 11.0. The van der Waals surface area contributed by atoms with E-state index in [0.717, 1.165) is 28.9 Å². The highest BCUT2D eigenvalue weighted by atomic mass is 35.5. The summed E-state index contributed by atoms with van der Waals surface area (Å²) in [6.07, 6.45) is 7.30. The number of nitrogens with one attached hydrogen (secondary N) is 1. The Morgan fingerprint density at radius 3 is 3.04 bits per heavy atom. The molecule has 0 bridgehead atoms. The molecule has 1 heterocycles. The number of rotatable bonds is 5. The number of aliphatic carboxylic acids is 1. The molecule has 120 valence electrons. The van der Waals surface area contributed by atoms with Gasteiger partial charge in [0.1, 0.15) is 5.82 Å². The topological polar surface area (TPSA) is 66.0 Å². The fourth-order valence-corrected chi connectivity index (χ4v) is 3.10. The minimum absolute atomic E-state index is 0.00148. The number of hydrogen-bond acceptors (Lipinski definition) is 2. The Balaban J connectivity index is 1.84. The normalized spacial score (nSPS) is 18.9. The van der Waals surface area contributed by atoms with E-state index in [1.54, 1.807) is 0 Å². The van der Waals surface area contributed by atoms with Crippen LogP contribution in [0.15, 0.2) is 42.0 Å². The van der Waals surface area contributed by atoms with E-state index < -0.39 is 5.97 Å². The molecule has 0 radical (unpaired) electrons. The smallest absolute Gasteiger partial charge is 0.303 e. The lowest BCUT2D eigenvalue weighted by molar-refractivity contribution is -0.137. The number of aryl methyl sites for hydroxylation is 1. The lowest BCUT2D eigenvalue weighted by atomic mass is 9.88. The summed E-state index contributed by atoms with van der Waals surface area (Å²) in [6.45, 7) is 2.04. The van der Waals surface area contributed by atoms with Crippen molar-refractivity contribution in [2.45, 2.75) is 31.6 Å². The second-order valence-corrected chi connectivity index (χ2v) is 6.58. The number of aromatic nitrogens is 2. The summed E-state index contributed by atoms with van der Waals surface area (Å²) in [5.74, 6) is -0.0852. The van der Waals surface area contributed by atoms with Crippen LogP contribution in [0.5, 0.6) is 0 Å². The first-order valence-electron chi connectivity index (χ1n) is 7.70. The van der Waals surface area contributed by atoms with Gasteiger partial charge >= 0.3 is 5.97 Å². The van der Waals surface area contributed by atoms with Crippen LogP contribution in [0.2, 0.25) is 0 Å². The van der Waals surface area contributed by atoms with Gasteiger partial charge in [-0.05, 0) is 36.6 Å². The first-order valence-corrected chi connectivity index (χ1v) is 8.14. The molecule has 0 saturated heterocycles. The minimum atomic E-state index is -0.802. The van der Waals surface area contributed by atoms with Gasteiger partial charge in [0.05, 0.1) is 22.8 Å². The molecule has 2 atom stereocenters. The molecule has 0 aliphatic heterocycles. The molecule has 0 fully saturated rings. The highest BCUT2D eigenvalue weighted by Crippen LogP contribution is 2.27. The predicted molar refractivity (Wildman–Crippen MR) is 91.8 cm³/mol. The van der Waals surface area contributed by atoms with Crippen LogP contribution in [0.3, 0.4) is 0 Å². The lowest BCUT2D eigenvalue weighted by Crippen LogP contribution is -2.15. The maximum atomic E-state index is 11.2. The summed E-state index contributed by atoms with van der Waals surface area (Å²) in [6, 6.07) is 6.05. The number of hydrogen-bond donors (Lipinski definition) is 2. The van der Waals surface area contributed by atoms with E-state index in [4.69, 9.17) is 11.6 Å². The molecular formula is C18H19ClN2O2. The Labute approximate surface area is 139 Å². The molecule has 2 N–H and O–H groups in total. The van der Waals surface area contributed by atoms with Gasteiger partial charge in [-0.25, -0.2) is 4.98 Å². The van der Waals surface area contributed by atoms with Crippen LogP contribution in [0, 0.1) is 12.8 Å². The van der Waals surface area contributed by atoms with Gasteiger partial charge < -0.3 is 10.1 Å². The highest BCUT2D eigenvalue weighted by Gasteiger charge is 2.21. The van der Waals surface area contributed by atoms with Crippen molar-refractivity contribution in [2.75, 3.05) is 0 Å². The number of benzene rings is 1. The van der Waals surface area contributed by atoms with E-state index in [9.17, 15) is 9.90 Å². The van der Waals surface area contributed by atoms with Crippen LogP contribution in [-0.2, 0) is 11.2 Å². The Morgan fingerprint density at radius 1 is 1.52 bits per heavy atom. The summed E-state index contributed by atoms with van der Waals surface area (Å²) < 4.78 is 0. The fraction of sp³-hybridized carbons (Fsp3) is 0.333. The zero-order valence-electron chi connectivity index (χ0n) is 12.9. The number of fused-ring (bicyclic) bond motifs is 1. The van der Waals surface area contributed by atoms with Gasteiger partial charge in [-0.3, -0.25) is 4.79 Å². The van der Waals surface area contributed by atoms with Crippen LogP contribution < -0.4 is 0 Å². The Morgan fingerprint density at radius 2 is 2.35 bits per heavy atom. The van der Waals surface area contributed by atoms with Crippen LogP contribution in [0.25, 0.3) is 11.0 Å². The van der Waals surface area contributed by atoms with Crippen molar-refractivity contribution in [3.05, 3.63) is 53.4 Å². The molecule has 0 saturated carbocycles. The Bertz CT molecular complexity index is 791. The van der Waals surface area contributed by atoms with Gasteiger partial charge in [-0.1, -0.05) is 24.3 Å². The second kappa shape index (κ2) is 6.59. The number of carboxylic acid groups (broad SMARTS) is 1. The summed E-state index contributed by atoms with van der Waals surface area (Å²) in [7, 11) is 0. The Kier molecular flexibility index (Phi) is 4.53. The number of alkyl halides is 1. The summed E-state index contributed by atoms with van der Waals surface area (Å²) >= 11 is 6.05. The first kappa shape index (κ1) is 15.8. The molecule has 23 heavy (non-hydrogen) atoms. The summed E-state index contributed by atoms with van der Waals surface area (Å²) in [5.41, 5.74) is 4.10.